The molecular weight excluding hydrogens is 278 g/mol. The molecule has 2 unspecified atom stereocenters. The van der Waals surface area contributed by atoms with Crippen LogP contribution in [-0.2, 0) is 0 Å². The number of hydrogen-bond donors (Lipinski definition) is 0. The van der Waals surface area contributed by atoms with Gasteiger partial charge >= 0.3 is 0 Å². The Kier molecular flexibility index (Phi) is 3.87. The summed E-state index contributed by atoms with van der Waals surface area (Å²) in [4.78, 5) is 13.5. The Morgan fingerprint density at radius 1 is 1.41 bits per heavy atom. The number of carbonyl (C=O) groups is 1. The maximum atomic E-state index is 11.1. The van der Waals surface area contributed by atoms with Gasteiger partial charge in [-0.15, -0.1) is 0 Å². The molecule has 0 bridgehead atoms. The quantitative estimate of drug-likeness (QED) is 0.772. The highest BCUT2D eigenvalue weighted by Crippen LogP contribution is 2.32. The number of rotatable bonds is 2. The second-order valence-electron chi connectivity index (χ2n) is 4.87. The van der Waals surface area contributed by atoms with Gasteiger partial charge in [0.05, 0.1) is 0 Å². The first-order chi connectivity index (χ1) is 8.13. The van der Waals surface area contributed by atoms with E-state index >= 15 is 0 Å². The van der Waals surface area contributed by atoms with Crippen LogP contribution in [0.15, 0.2) is 22.7 Å². The van der Waals surface area contributed by atoms with Gasteiger partial charge in [0.25, 0.3) is 0 Å². The highest BCUT2D eigenvalue weighted by Gasteiger charge is 2.26. The largest absolute Gasteiger partial charge is 0.368 e. The Labute approximate surface area is 111 Å². The molecule has 0 aromatic heterocycles. The lowest BCUT2D eigenvalue weighted by molar-refractivity contribution is 0.112. The number of nitrogens with zero attached hydrogens (tertiary/aromatic N) is 1. The van der Waals surface area contributed by atoms with Crippen molar-refractivity contribution in [3.05, 3.63) is 28.2 Å². The molecule has 1 fully saturated rings. The second-order valence-corrected chi connectivity index (χ2v) is 5.79. The van der Waals surface area contributed by atoms with E-state index in [2.05, 4.69) is 40.7 Å². The topological polar surface area (TPSA) is 20.3 Å². The molecular formula is C14H18BrNO. The summed E-state index contributed by atoms with van der Waals surface area (Å²) < 4.78 is 1.03. The van der Waals surface area contributed by atoms with Crippen molar-refractivity contribution in [2.24, 2.45) is 5.92 Å². The van der Waals surface area contributed by atoms with Crippen LogP contribution in [0.1, 0.15) is 37.0 Å². The fourth-order valence-corrected chi connectivity index (χ4v) is 2.89. The van der Waals surface area contributed by atoms with E-state index < -0.39 is 0 Å². The summed E-state index contributed by atoms with van der Waals surface area (Å²) in [6.45, 7) is 5.58. The maximum Gasteiger partial charge on any atom is 0.152 e. The van der Waals surface area contributed by atoms with E-state index in [-0.39, 0.29) is 0 Å². The number of hydrogen-bond acceptors (Lipinski definition) is 2. The van der Waals surface area contributed by atoms with Crippen molar-refractivity contribution in [2.75, 3.05) is 11.4 Å². The normalized spacial score (nSPS) is 24.8. The molecule has 3 heteroatoms. The number of piperidine rings is 1. The fraction of sp³-hybridized carbons (Fsp3) is 0.500. The average Bonchev–Trinajstić information content (AvgIpc) is 2.33. The van der Waals surface area contributed by atoms with Crippen LogP contribution >= 0.6 is 15.9 Å². The van der Waals surface area contributed by atoms with E-state index in [0.29, 0.717) is 12.0 Å². The summed E-state index contributed by atoms with van der Waals surface area (Å²) in [6.07, 6.45) is 3.44. The zero-order chi connectivity index (χ0) is 12.4. The average molecular weight is 296 g/mol. The number of carbonyl (C=O) groups excluding carboxylic acids is 1. The Balaban J connectivity index is 2.37. The minimum absolute atomic E-state index is 0.497. The van der Waals surface area contributed by atoms with Crippen LogP contribution in [0, 0.1) is 5.92 Å². The van der Waals surface area contributed by atoms with Gasteiger partial charge < -0.3 is 4.90 Å². The van der Waals surface area contributed by atoms with Crippen LogP contribution in [0.2, 0.25) is 0 Å². The maximum absolute atomic E-state index is 11.1. The molecule has 2 atom stereocenters. The smallest absolute Gasteiger partial charge is 0.152 e. The van der Waals surface area contributed by atoms with Crippen LogP contribution in [0.3, 0.4) is 0 Å². The minimum atomic E-state index is 0.497. The summed E-state index contributed by atoms with van der Waals surface area (Å²) in [6, 6.07) is 6.36. The molecule has 17 heavy (non-hydrogen) atoms. The third-order valence-corrected chi connectivity index (χ3v) is 4.30. The number of benzene rings is 1. The molecule has 0 spiro atoms. The zero-order valence-electron chi connectivity index (χ0n) is 10.3. The van der Waals surface area contributed by atoms with Crippen molar-refractivity contribution in [3.63, 3.8) is 0 Å². The highest BCUT2D eigenvalue weighted by molar-refractivity contribution is 9.10. The molecule has 0 aliphatic carbocycles. The van der Waals surface area contributed by atoms with Gasteiger partial charge in [0.1, 0.15) is 0 Å². The van der Waals surface area contributed by atoms with E-state index in [9.17, 15) is 4.79 Å². The van der Waals surface area contributed by atoms with Gasteiger partial charge in [0, 0.05) is 28.3 Å². The van der Waals surface area contributed by atoms with Crippen LogP contribution in [0.5, 0.6) is 0 Å². The Bertz CT molecular complexity index is 419. The molecule has 92 valence electrons. The SMILES string of the molecule is CC1CCCN(c2cc(Br)ccc2C=O)C1C. The molecule has 1 aliphatic rings. The van der Waals surface area contributed by atoms with Gasteiger partial charge in [-0.2, -0.15) is 0 Å². The van der Waals surface area contributed by atoms with Gasteiger partial charge in [0.15, 0.2) is 6.29 Å². The molecule has 1 aliphatic heterocycles. The summed E-state index contributed by atoms with van der Waals surface area (Å²) in [5.41, 5.74) is 1.85. The second kappa shape index (κ2) is 5.21. The van der Waals surface area contributed by atoms with E-state index in [4.69, 9.17) is 0 Å². The van der Waals surface area contributed by atoms with Gasteiger partial charge in [-0.05, 0) is 43.9 Å². The summed E-state index contributed by atoms with van der Waals surface area (Å²) >= 11 is 3.48. The Morgan fingerprint density at radius 3 is 2.88 bits per heavy atom. The van der Waals surface area contributed by atoms with Crippen molar-refractivity contribution in [1.82, 2.24) is 0 Å². The molecule has 0 saturated carbocycles. The van der Waals surface area contributed by atoms with Crippen molar-refractivity contribution >= 4 is 27.9 Å². The molecule has 2 rings (SSSR count). The van der Waals surface area contributed by atoms with Gasteiger partial charge in [-0.3, -0.25) is 4.79 Å². The Hall–Kier alpha value is -0.830. The molecule has 1 saturated heterocycles. The molecule has 1 heterocycles. The number of anilines is 1. The monoisotopic (exact) mass is 295 g/mol. The van der Waals surface area contributed by atoms with Crippen LogP contribution in [0.25, 0.3) is 0 Å². The van der Waals surface area contributed by atoms with Crippen LogP contribution in [0.4, 0.5) is 5.69 Å². The molecule has 0 radical (unpaired) electrons. The van der Waals surface area contributed by atoms with Crippen molar-refractivity contribution in [1.29, 1.82) is 0 Å². The van der Waals surface area contributed by atoms with Crippen molar-refractivity contribution < 1.29 is 4.79 Å². The zero-order valence-corrected chi connectivity index (χ0v) is 11.9. The first-order valence-corrected chi connectivity index (χ1v) is 6.94. The lowest BCUT2D eigenvalue weighted by atomic mass is 9.91. The lowest BCUT2D eigenvalue weighted by Crippen LogP contribution is -2.42. The minimum Gasteiger partial charge on any atom is -0.368 e. The first kappa shape index (κ1) is 12.6. The van der Waals surface area contributed by atoms with Crippen molar-refractivity contribution in [2.45, 2.75) is 32.7 Å². The highest BCUT2D eigenvalue weighted by atomic mass is 79.9. The van der Waals surface area contributed by atoms with Gasteiger partial charge in [0.2, 0.25) is 0 Å². The standard InChI is InChI=1S/C14H18BrNO/c1-10-4-3-7-16(11(10)2)14-8-13(15)6-5-12(14)9-17/h5-6,8-11H,3-4,7H2,1-2H3. The van der Waals surface area contributed by atoms with E-state index in [1.165, 1.54) is 12.8 Å². The van der Waals surface area contributed by atoms with E-state index in [1.54, 1.807) is 0 Å². The van der Waals surface area contributed by atoms with Crippen molar-refractivity contribution in [3.8, 4) is 0 Å². The summed E-state index contributed by atoms with van der Waals surface area (Å²) in [7, 11) is 0. The van der Waals surface area contributed by atoms with E-state index in [1.807, 2.05) is 12.1 Å². The van der Waals surface area contributed by atoms with Crippen LogP contribution < -0.4 is 4.90 Å². The predicted octanol–water partition coefficient (Wildman–Crippen LogP) is 3.89. The number of aldehydes is 1. The molecule has 2 nitrogen and oxygen atoms in total. The van der Waals surface area contributed by atoms with Crippen LogP contribution in [-0.4, -0.2) is 18.9 Å². The number of halogens is 1. The summed E-state index contributed by atoms with van der Waals surface area (Å²) in [5, 5.41) is 0. The molecule has 1 aromatic rings. The molecule has 1 aromatic carbocycles. The first-order valence-electron chi connectivity index (χ1n) is 6.15. The van der Waals surface area contributed by atoms with E-state index in [0.717, 1.165) is 28.6 Å². The fourth-order valence-electron chi connectivity index (χ4n) is 2.54. The third-order valence-electron chi connectivity index (χ3n) is 3.80. The molecule has 0 N–H and O–H groups in total. The van der Waals surface area contributed by atoms with Gasteiger partial charge in [-0.25, -0.2) is 0 Å². The lowest BCUT2D eigenvalue weighted by Gasteiger charge is -2.40. The Morgan fingerprint density at radius 2 is 2.18 bits per heavy atom. The third kappa shape index (κ3) is 2.54. The molecule has 0 amide bonds. The summed E-state index contributed by atoms with van der Waals surface area (Å²) in [5.74, 6) is 0.683. The predicted molar refractivity (Wildman–Crippen MR) is 74.7 cm³/mol. The van der Waals surface area contributed by atoms with Gasteiger partial charge in [-0.1, -0.05) is 22.9 Å².